The Morgan fingerprint density at radius 3 is 2.28 bits per heavy atom. The topological polar surface area (TPSA) is 80.3 Å². The Labute approximate surface area is 174 Å². The van der Waals surface area contributed by atoms with Gasteiger partial charge in [-0.2, -0.15) is 13.2 Å². The van der Waals surface area contributed by atoms with Gasteiger partial charge in [0.25, 0.3) is 5.91 Å². The molecule has 2 aromatic rings. The molecule has 11 heteroatoms. The number of hydrogen-bond donors (Lipinski definition) is 2. The van der Waals surface area contributed by atoms with E-state index in [2.05, 4.69) is 9.72 Å². The number of carbonyl (C=O) groups excluding carboxylic acids is 2. The zero-order valence-corrected chi connectivity index (χ0v) is 17.0. The molecule has 0 bridgehead atoms. The van der Waals surface area contributed by atoms with Crippen molar-refractivity contribution < 1.29 is 27.5 Å². The minimum atomic E-state index is -5.30. The Balaban J connectivity index is 2.56. The van der Waals surface area contributed by atoms with Crippen molar-refractivity contribution in [3.63, 3.8) is 0 Å². The normalized spacial score (nSPS) is 13.4. The molecule has 156 valence electrons. The number of benzene rings is 1. The number of pyridine rings is 1. The average Bonchev–Trinajstić information content (AvgIpc) is 2.58. The molecule has 1 atom stereocenters. The molecule has 0 saturated carbocycles. The summed E-state index contributed by atoms with van der Waals surface area (Å²) in [6, 6.07) is 6.51. The summed E-state index contributed by atoms with van der Waals surface area (Å²) in [5, 5.41) is 3.64. The number of amides is 1. The third-order valence-electron chi connectivity index (χ3n) is 3.81. The fourth-order valence-corrected chi connectivity index (χ4v) is 3.05. The number of alkyl halides is 3. The molecular weight excluding hydrogens is 434 g/mol. The molecule has 29 heavy (non-hydrogen) atoms. The third kappa shape index (κ3) is 4.91. The summed E-state index contributed by atoms with van der Waals surface area (Å²) in [4.78, 5) is 28.8. The highest BCUT2D eigenvalue weighted by Crippen LogP contribution is 2.34. The van der Waals surface area contributed by atoms with E-state index in [9.17, 15) is 22.8 Å². The lowest BCUT2D eigenvalue weighted by atomic mass is 10.1. The fraction of sp³-hybridized carbons (Fsp3) is 0.278. The van der Waals surface area contributed by atoms with Crippen LogP contribution in [0.1, 0.15) is 21.6 Å². The Morgan fingerprint density at radius 2 is 1.76 bits per heavy atom. The summed E-state index contributed by atoms with van der Waals surface area (Å²) >= 11 is 11.7. The summed E-state index contributed by atoms with van der Waals surface area (Å²) < 4.78 is 46.6. The number of ether oxygens (including phenoxy) is 1. The van der Waals surface area contributed by atoms with E-state index in [-0.39, 0.29) is 21.4 Å². The van der Waals surface area contributed by atoms with E-state index in [4.69, 9.17) is 23.2 Å². The fourth-order valence-electron chi connectivity index (χ4n) is 2.55. The van der Waals surface area contributed by atoms with E-state index in [1.165, 1.54) is 18.2 Å². The lowest BCUT2D eigenvalue weighted by Gasteiger charge is -2.34. The largest absolute Gasteiger partial charge is 0.466 e. The van der Waals surface area contributed by atoms with Gasteiger partial charge in [-0.15, -0.1) is 0 Å². The minimum Gasteiger partial charge on any atom is -0.466 e. The number of esters is 1. The van der Waals surface area contributed by atoms with E-state index in [1.807, 2.05) is 5.32 Å². The van der Waals surface area contributed by atoms with Gasteiger partial charge in [0.2, 0.25) is 0 Å². The number of aromatic nitrogens is 1. The van der Waals surface area contributed by atoms with Gasteiger partial charge in [0.15, 0.2) is 0 Å². The highest BCUT2D eigenvalue weighted by molar-refractivity contribution is 6.36. The van der Waals surface area contributed by atoms with Crippen LogP contribution in [0.4, 0.5) is 19.0 Å². The predicted molar refractivity (Wildman–Crippen MR) is 102 cm³/mol. The molecule has 2 rings (SSSR count). The molecule has 1 amide bonds. The first kappa shape index (κ1) is 22.8. The first-order valence-electron chi connectivity index (χ1n) is 8.06. The number of rotatable bonds is 5. The maximum atomic E-state index is 14.1. The number of nitrogens with one attached hydrogen (secondary N) is 2. The first-order valence-corrected chi connectivity index (χ1v) is 8.81. The SMILES string of the molecule is COC(=O)[C@](NC(=O)c1ccc(Cl)cc1Cl)(Nc1cc(C)cc(C)n1)C(F)(F)F. The molecular formula is C18H16Cl2F3N3O3. The van der Waals surface area contributed by atoms with Crippen molar-refractivity contribution in [1.29, 1.82) is 0 Å². The Morgan fingerprint density at radius 1 is 1.10 bits per heavy atom. The van der Waals surface area contributed by atoms with Gasteiger partial charge in [-0.25, -0.2) is 9.78 Å². The van der Waals surface area contributed by atoms with Crippen molar-refractivity contribution >= 4 is 40.9 Å². The van der Waals surface area contributed by atoms with Crippen molar-refractivity contribution in [3.05, 3.63) is 57.2 Å². The van der Waals surface area contributed by atoms with Crippen LogP contribution in [0.15, 0.2) is 30.3 Å². The molecule has 1 aromatic carbocycles. The second-order valence-corrected chi connectivity index (χ2v) is 6.96. The quantitative estimate of drug-likeness (QED) is 0.525. The number of nitrogens with zero attached hydrogens (tertiary/aromatic N) is 1. The monoisotopic (exact) mass is 449 g/mol. The highest BCUT2D eigenvalue weighted by Gasteiger charge is 2.63. The molecule has 0 aliphatic rings. The van der Waals surface area contributed by atoms with E-state index in [0.717, 1.165) is 13.2 Å². The first-order chi connectivity index (χ1) is 13.4. The molecule has 0 spiro atoms. The van der Waals surface area contributed by atoms with Crippen molar-refractivity contribution in [2.45, 2.75) is 25.7 Å². The van der Waals surface area contributed by atoms with Crippen LogP contribution in [0.25, 0.3) is 0 Å². The van der Waals surface area contributed by atoms with Gasteiger partial charge in [0, 0.05) is 10.7 Å². The molecule has 0 aliphatic carbocycles. The molecule has 1 aromatic heterocycles. The van der Waals surface area contributed by atoms with Gasteiger partial charge < -0.3 is 15.4 Å². The van der Waals surface area contributed by atoms with E-state index >= 15 is 0 Å². The molecule has 0 saturated heterocycles. The van der Waals surface area contributed by atoms with Crippen LogP contribution in [0.3, 0.4) is 0 Å². The second-order valence-electron chi connectivity index (χ2n) is 6.11. The van der Waals surface area contributed by atoms with Gasteiger partial charge in [0.1, 0.15) is 5.82 Å². The summed E-state index contributed by atoms with van der Waals surface area (Å²) in [5.74, 6) is -3.34. The standard InChI is InChI=1S/C18H16Cl2F3N3O3/c1-9-6-10(2)24-14(7-9)25-17(16(28)29-3,18(21,22)23)26-15(27)12-5-4-11(19)8-13(12)20/h4-8H,1-3H3,(H,24,25)(H,26,27)/t17-/m1/s1. The molecule has 0 fully saturated rings. The van der Waals surface area contributed by atoms with Crippen molar-refractivity contribution in [1.82, 2.24) is 10.3 Å². The lowest BCUT2D eigenvalue weighted by molar-refractivity contribution is -0.203. The third-order valence-corrected chi connectivity index (χ3v) is 4.35. The smallest absolute Gasteiger partial charge is 0.441 e. The van der Waals surface area contributed by atoms with E-state index in [0.29, 0.717) is 11.3 Å². The van der Waals surface area contributed by atoms with Crippen LogP contribution in [0.5, 0.6) is 0 Å². The van der Waals surface area contributed by atoms with E-state index in [1.54, 1.807) is 25.2 Å². The summed E-state index contributed by atoms with van der Waals surface area (Å²) in [6.45, 7) is 3.21. The van der Waals surface area contributed by atoms with Crippen LogP contribution >= 0.6 is 23.2 Å². The minimum absolute atomic E-state index is 0.180. The lowest BCUT2D eigenvalue weighted by Crippen LogP contribution is -2.69. The molecule has 1 heterocycles. The van der Waals surface area contributed by atoms with Crippen LogP contribution < -0.4 is 10.6 Å². The van der Waals surface area contributed by atoms with Crippen LogP contribution in [0, 0.1) is 13.8 Å². The summed E-state index contributed by atoms with van der Waals surface area (Å²) in [7, 11) is 0.765. The predicted octanol–water partition coefficient (Wildman–Crippen LogP) is 4.28. The van der Waals surface area contributed by atoms with Gasteiger partial charge in [-0.3, -0.25) is 4.79 Å². The maximum Gasteiger partial charge on any atom is 0.441 e. The molecule has 2 N–H and O–H groups in total. The van der Waals surface area contributed by atoms with Gasteiger partial charge >= 0.3 is 17.8 Å². The van der Waals surface area contributed by atoms with E-state index < -0.39 is 23.7 Å². The molecule has 6 nitrogen and oxygen atoms in total. The second kappa shape index (κ2) is 8.46. The zero-order chi connectivity index (χ0) is 22.0. The van der Waals surface area contributed by atoms with Crippen molar-refractivity contribution in [2.75, 3.05) is 12.4 Å². The van der Waals surface area contributed by atoms with Crippen LogP contribution in [-0.4, -0.2) is 35.8 Å². The van der Waals surface area contributed by atoms with Gasteiger partial charge in [0.05, 0.1) is 17.7 Å². The van der Waals surface area contributed by atoms with Crippen LogP contribution in [0.2, 0.25) is 10.0 Å². The highest BCUT2D eigenvalue weighted by atomic mass is 35.5. The van der Waals surface area contributed by atoms with Crippen LogP contribution in [-0.2, 0) is 9.53 Å². The number of methoxy groups -OCH3 is 1. The number of carbonyl (C=O) groups is 2. The number of halogens is 5. The van der Waals surface area contributed by atoms with Gasteiger partial charge in [-0.1, -0.05) is 23.2 Å². The number of hydrogen-bond acceptors (Lipinski definition) is 5. The Bertz CT molecular complexity index is 933. The molecule has 0 radical (unpaired) electrons. The molecule has 0 unspecified atom stereocenters. The number of anilines is 1. The Hall–Kier alpha value is -2.52. The maximum absolute atomic E-state index is 14.1. The summed E-state index contributed by atoms with van der Waals surface area (Å²) in [5.41, 5.74) is -2.94. The van der Waals surface area contributed by atoms with Crippen molar-refractivity contribution in [3.8, 4) is 0 Å². The summed E-state index contributed by atoms with van der Waals surface area (Å²) in [6.07, 6.45) is -5.30. The average molecular weight is 450 g/mol. The van der Waals surface area contributed by atoms with Crippen molar-refractivity contribution in [2.24, 2.45) is 0 Å². The van der Waals surface area contributed by atoms with Gasteiger partial charge in [-0.05, 0) is 49.7 Å². The molecule has 0 aliphatic heterocycles. The number of aryl methyl sites for hydroxylation is 2. The Kier molecular flexibility index (Phi) is 6.64. The zero-order valence-electron chi connectivity index (χ0n) is 15.4.